The molecule has 0 atom stereocenters. The average molecular weight is 447 g/mol. The van der Waals surface area contributed by atoms with Crippen LogP contribution in [0.2, 0.25) is 10.0 Å². The number of carbonyl (C=O) groups is 2. The third-order valence-corrected chi connectivity index (χ3v) is 5.25. The van der Waals surface area contributed by atoms with Crippen molar-refractivity contribution in [3.63, 3.8) is 0 Å². The van der Waals surface area contributed by atoms with E-state index in [2.05, 4.69) is 15.4 Å². The van der Waals surface area contributed by atoms with Gasteiger partial charge in [-0.2, -0.15) is 4.98 Å². The summed E-state index contributed by atoms with van der Waals surface area (Å²) >= 11 is 13.7. The molecule has 7 nitrogen and oxygen atoms in total. The molecule has 0 fully saturated rings. The Kier molecular flexibility index (Phi) is 5.23. The molecule has 0 unspecified atom stereocenters. The summed E-state index contributed by atoms with van der Waals surface area (Å²) in [5.74, 6) is -0.480. The minimum absolute atomic E-state index is 0.138. The number of nitrogens with zero attached hydrogens (tertiary/aromatic N) is 3. The van der Waals surface area contributed by atoms with E-state index < -0.39 is 11.9 Å². The van der Waals surface area contributed by atoms with Crippen LogP contribution in [-0.2, 0) is 4.79 Å². The number of ether oxygens (including phenoxy) is 1. The number of carbonyl (C=O) groups excluding carboxylic acids is 2. The van der Waals surface area contributed by atoms with Crippen molar-refractivity contribution >= 4 is 57.3 Å². The molecule has 0 bridgehead atoms. The van der Waals surface area contributed by atoms with Gasteiger partial charge in [0.15, 0.2) is 0 Å². The van der Waals surface area contributed by atoms with Crippen LogP contribution in [0.15, 0.2) is 47.8 Å². The molecule has 4 rings (SSSR count). The predicted octanol–water partition coefficient (Wildman–Crippen LogP) is 4.94. The van der Waals surface area contributed by atoms with Crippen LogP contribution in [-0.4, -0.2) is 26.5 Å². The van der Waals surface area contributed by atoms with Crippen molar-refractivity contribution in [2.24, 2.45) is 0 Å². The van der Waals surface area contributed by atoms with Crippen LogP contribution in [0.5, 0.6) is 5.75 Å². The Bertz CT molecular complexity index is 1250. The summed E-state index contributed by atoms with van der Waals surface area (Å²) < 4.78 is 6.59. The molecule has 4 aromatic rings. The van der Waals surface area contributed by atoms with Crippen molar-refractivity contribution in [2.45, 2.75) is 6.92 Å². The number of hydrogen-bond donors (Lipinski definition) is 1. The SMILES string of the molecule is CC(=O)Oc1cccc(C(=O)Nc2nc3scc(-c4cc(Cl)ccc4Cl)n3n2)c1. The molecule has 0 aliphatic carbocycles. The van der Waals surface area contributed by atoms with Crippen LogP contribution in [0.4, 0.5) is 5.95 Å². The Morgan fingerprint density at radius 3 is 2.79 bits per heavy atom. The Hall–Kier alpha value is -2.94. The fraction of sp³-hybridized carbons (Fsp3) is 0.0526. The molecule has 1 N–H and O–H groups in total. The third-order valence-electron chi connectivity index (χ3n) is 3.87. The van der Waals surface area contributed by atoms with E-state index in [0.29, 0.717) is 31.8 Å². The fourth-order valence-electron chi connectivity index (χ4n) is 2.65. The van der Waals surface area contributed by atoms with Crippen LogP contribution >= 0.6 is 34.5 Å². The first-order chi connectivity index (χ1) is 13.9. The molecule has 10 heteroatoms. The third kappa shape index (κ3) is 4.09. The van der Waals surface area contributed by atoms with Crippen molar-refractivity contribution in [2.75, 3.05) is 5.32 Å². The molecule has 2 aromatic heterocycles. The number of benzene rings is 2. The zero-order chi connectivity index (χ0) is 20.5. The van der Waals surface area contributed by atoms with Gasteiger partial charge < -0.3 is 4.74 Å². The molecule has 0 radical (unpaired) electrons. The monoisotopic (exact) mass is 446 g/mol. The summed E-state index contributed by atoms with van der Waals surface area (Å²) in [5, 5.41) is 9.93. The minimum Gasteiger partial charge on any atom is -0.427 e. The molecule has 2 heterocycles. The smallest absolute Gasteiger partial charge is 0.308 e. The largest absolute Gasteiger partial charge is 0.427 e. The Morgan fingerprint density at radius 2 is 2.00 bits per heavy atom. The van der Waals surface area contributed by atoms with E-state index >= 15 is 0 Å². The molecule has 0 saturated heterocycles. The topological polar surface area (TPSA) is 85.6 Å². The van der Waals surface area contributed by atoms with Crippen LogP contribution in [0.3, 0.4) is 0 Å². The number of esters is 1. The van der Waals surface area contributed by atoms with Gasteiger partial charge in [-0.25, -0.2) is 4.52 Å². The van der Waals surface area contributed by atoms with Crippen LogP contribution in [0.25, 0.3) is 16.2 Å². The lowest BCUT2D eigenvalue weighted by molar-refractivity contribution is -0.131. The zero-order valence-electron chi connectivity index (χ0n) is 14.8. The van der Waals surface area contributed by atoms with Crippen LogP contribution in [0, 0.1) is 0 Å². The summed E-state index contributed by atoms with van der Waals surface area (Å²) in [6, 6.07) is 11.4. The summed E-state index contributed by atoms with van der Waals surface area (Å²) in [7, 11) is 0. The van der Waals surface area contributed by atoms with E-state index in [1.807, 2.05) is 5.38 Å². The molecule has 1 amide bonds. The number of thiazole rings is 1. The molecular weight excluding hydrogens is 435 g/mol. The number of rotatable bonds is 4. The highest BCUT2D eigenvalue weighted by molar-refractivity contribution is 7.15. The Labute approximate surface area is 178 Å². The quantitative estimate of drug-likeness (QED) is 0.354. The first-order valence-corrected chi connectivity index (χ1v) is 9.94. The maximum Gasteiger partial charge on any atom is 0.308 e. The van der Waals surface area contributed by atoms with Gasteiger partial charge in [0.2, 0.25) is 4.96 Å². The molecule has 29 heavy (non-hydrogen) atoms. The molecule has 146 valence electrons. The molecule has 0 aliphatic rings. The maximum atomic E-state index is 12.5. The number of aromatic nitrogens is 3. The summed E-state index contributed by atoms with van der Waals surface area (Å²) in [4.78, 5) is 28.5. The number of anilines is 1. The fourth-order valence-corrected chi connectivity index (χ4v) is 3.86. The van der Waals surface area contributed by atoms with E-state index in [4.69, 9.17) is 27.9 Å². The molecular formula is C19H12Cl2N4O3S. The van der Waals surface area contributed by atoms with Crippen molar-refractivity contribution < 1.29 is 14.3 Å². The average Bonchev–Trinajstić information content (AvgIpc) is 3.23. The predicted molar refractivity (Wildman–Crippen MR) is 112 cm³/mol. The standard InChI is InChI=1S/C19H12Cl2N4O3S/c1-10(26)28-13-4-2-3-11(7-13)17(27)22-18-23-19-25(24-18)16(9-29-19)14-8-12(20)5-6-15(14)21/h2-9H,1H3,(H,22,24,27). The van der Waals surface area contributed by atoms with Crippen molar-refractivity contribution in [3.8, 4) is 17.0 Å². The van der Waals surface area contributed by atoms with Gasteiger partial charge in [-0.3, -0.25) is 14.9 Å². The van der Waals surface area contributed by atoms with E-state index in [9.17, 15) is 9.59 Å². The normalized spacial score (nSPS) is 10.9. The first kappa shape index (κ1) is 19.4. The minimum atomic E-state index is -0.467. The van der Waals surface area contributed by atoms with Gasteiger partial charge >= 0.3 is 5.97 Å². The summed E-state index contributed by atoms with van der Waals surface area (Å²) in [6.45, 7) is 1.29. The molecule has 0 saturated carbocycles. The van der Waals surface area contributed by atoms with Crippen molar-refractivity contribution in [1.29, 1.82) is 0 Å². The Morgan fingerprint density at radius 1 is 1.17 bits per heavy atom. The van der Waals surface area contributed by atoms with E-state index in [1.165, 1.54) is 24.3 Å². The lowest BCUT2D eigenvalue weighted by atomic mass is 10.2. The lowest BCUT2D eigenvalue weighted by Crippen LogP contribution is -2.13. The van der Waals surface area contributed by atoms with Gasteiger partial charge in [0.1, 0.15) is 5.75 Å². The second-order valence-corrected chi connectivity index (χ2v) is 7.63. The number of halogens is 2. The zero-order valence-corrected chi connectivity index (χ0v) is 17.2. The maximum absolute atomic E-state index is 12.5. The van der Waals surface area contributed by atoms with E-state index in [-0.39, 0.29) is 11.7 Å². The summed E-state index contributed by atoms with van der Waals surface area (Å²) in [5.41, 5.74) is 1.73. The number of nitrogens with one attached hydrogen (secondary N) is 1. The number of fused-ring (bicyclic) bond motifs is 1. The van der Waals surface area contributed by atoms with Gasteiger partial charge in [0.05, 0.1) is 10.7 Å². The molecule has 2 aromatic carbocycles. The van der Waals surface area contributed by atoms with Crippen molar-refractivity contribution in [1.82, 2.24) is 14.6 Å². The van der Waals surface area contributed by atoms with Gasteiger partial charge in [0, 0.05) is 28.5 Å². The first-order valence-electron chi connectivity index (χ1n) is 8.30. The lowest BCUT2D eigenvalue weighted by Gasteiger charge is -2.05. The van der Waals surface area contributed by atoms with Crippen molar-refractivity contribution in [3.05, 3.63) is 63.5 Å². The second-order valence-electron chi connectivity index (χ2n) is 5.95. The van der Waals surface area contributed by atoms with Crippen LogP contribution in [0.1, 0.15) is 17.3 Å². The van der Waals surface area contributed by atoms with Gasteiger partial charge in [-0.1, -0.05) is 29.3 Å². The highest BCUT2D eigenvalue weighted by Crippen LogP contribution is 2.33. The van der Waals surface area contributed by atoms with Gasteiger partial charge in [-0.15, -0.1) is 16.4 Å². The van der Waals surface area contributed by atoms with E-state index in [1.54, 1.807) is 40.9 Å². The van der Waals surface area contributed by atoms with Gasteiger partial charge in [0.25, 0.3) is 11.9 Å². The van der Waals surface area contributed by atoms with Gasteiger partial charge in [-0.05, 0) is 36.4 Å². The highest BCUT2D eigenvalue weighted by atomic mass is 35.5. The number of amides is 1. The van der Waals surface area contributed by atoms with Crippen LogP contribution < -0.4 is 10.1 Å². The summed E-state index contributed by atoms with van der Waals surface area (Å²) in [6.07, 6.45) is 0. The highest BCUT2D eigenvalue weighted by Gasteiger charge is 2.16. The number of hydrogen-bond acceptors (Lipinski definition) is 6. The second kappa shape index (κ2) is 7.82. The Balaban J connectivity index is 1.61. The molecule has 0 aliphatic heterocycles. The van der Waals surface area contributed by atoms with E-state index in [0.717, 1.165) is 0 Å². The molecule has 0 spiro atoms.